The number of ether oxygens (including phenoxy) is 1. The highest BCUT2D eigenvalue weighted by atomic mass is 16.5. The van der Waals surface area contributed by atoms with Gasteiger partial charge in [0.05, 0.1) is 18.5 Å². The Hall–Kier alpha value is -1.62. The van der Waals surface area contributed by atoms with Crippen molar-refractivity contribution >= 4 is 11.3 Å². The Balaban J connectivity index is 1.54. The smallest absolute Gasteiger partial charge is 0.183 e. The quantitative estimate of drug-likeness (QED) is 0.855. The highest BCUT2D eigenvalue weighted by Crippen LogP contribution is 2.54. The first kappa shape index (κ1) is 13.8. The molecule has 2 aromatic rings. The van der Waals surface area contributed by atoms with Gasteiger partial charge in [-0.1, -0.05) is 13.8 Å². The van der Waals surface area contributed by atoms with Crippen LogP contribution in [0.4, 0.5) is 5.69 Å². The molecule has 23 heavy (non-hydrogen) atoms. The second-order valence-corrected chi connectivity index (χ2v) is 8.50. The number of anilines is 1. The number of hydrogen-bond donors (Lipinski definition) is 0. The van der Waals surface area contributed by atoms with Gasteiger partial charge in [-0.05, 0) is 49.1 Å². The van der Waals surface area contributed by atoms with E-state index in [1.165, 1.54) is 17.7 Å². The molecule has 2 aromatic heterocycles. The van der Waals surface area contributed by atoms with Crippen molar-refractivity contribution in [3.8, 4) is 0 Å². The number of aryl methyl sites for hydroxylation is 1. The molecule has 0 N–H and O–H groups in total. The summed E-state index contributed by atoms with van der Waals surface area (Å²) in [7, 11) is 0. The normalized spacial score (nSPS) is 31.8. The van der Waals surface area contributed by atoms with Crippen molar-refractivity contribution in [1.82, 2.24) is 14.6 Å². The van der Waals surface area contributed by atoms with Crippen LogP contribution in [-0.2, 0) is 10.3 Å². The molecule has 1 saturated carbocycles. The number of pyridine rings is 1. The summed E-state index contributed by atoms with van der Waals surface area (Å²) in [5, 5.41) is 4.79. The zero-order valence-corrected chi connectivity index (χ0v) is 14.2. The van der Waals surface area contributed by atoms with E-state index < -0.39 is 0 Å². The van der Waals surface area contributed by atoms with Crippen LogP contribution in [0.3, 0.4) is 0 Å². The van der Waals surface area contributed by atoms with E-state index in [1.54, 1.807) is 0 Å². The van der Waals surface area contributed by atoms with Crippen molar-refractivity contribution < 1.29 is 4.74 Å². The van der Waals surface area contributed by atoms with E-state index in [-0.39, 0.29) is 5.60 Å². The van der Waals surface area contributed by atoms with Gasteiger partial charge < -0.3 is 9.64 Å². The van der Waals surface area contributed by atoms with Gasteiger partial charge in [0.25, 0.3) is 0 Å². The molecule has 6 rings (SSSR count). The van der Waals surface area contributed by atoms with Crippen LogP contribution in [0.25, 0.3) is 5.65 Å². The van der Waals surface area contributed by atoms with Crippen molar-refractivity contribution in [3.63, 3.8) is 0 Å². The molecule has 1 aliphatic carbocycles. The summed E-state index contributed by atoms with van der Waals surface area (Å²) < 4.78 is 7.95. The highest BCUT2D eigenvalue weighted by Gasteiger charge is 2.55. The molecule has 5 heterocycles. The molecule has 4 aliphatic rings. The van der Waals surface area contributed by atoms with Crippen LogP contribution in [0.2, 0.25) is 0 Å². The second kappa shape index (κ2) is 4.26. The molecule has 0 radical (unpaired) electrons. The predicted octanol–water partition coefficient (Wildman–Crippen LogP) is 2.91. The average molecular weight is 312 g/mol. The molecule has 0 atom stereocenters. The van der Waals surface area contributed by atoms with Crippen LogP contribution in [-0.4, -0.2) is 34.3 Å². The first-order valence-corrected chi connectivity index (χ1v) is 8.71. The lowest BCUT2D eigenvalue weighted by Gasteiger charge is -2.32. The van der Waals surface area contributed by atoms with Gasteiger partial charge in [-0.3, -0.25) is 0 Å². The molecule has 0 spiro atoms. The van der Waals surface area contributed by atoms with Gasteiger partial charge in [0.15, 0.2) is 11.5 Å². The van der Waals surface area contributed by atoms with Crippen molar-refractivity contribution in [2.75, 3.05) is 24.6 Å². The van der Waals surface area contributed by atoms with Gasteiger partial charge in [-0.15, -0.1) is 5.10 Å². The summed E-state index contributed by atoms with van der Waals surface area (Å²) in [5.74, 6) is 1.61. The summed E-state index contributed by atoms with van der Waals surface area (Å²) in [6, 6.07) is 2.26. The van der Waals surface area contributed by atoms with Crippen molar-refractivity contribution in [3.05, 3.63) is 23.7 Å². The maximum absolute atomic E-state index is 5.98. The third kappa shape index (κ3) is 1.95. The van der Waals surface area contributed by atoms with Crippen LogP contribution >= 0.6 is 0 Å². The molecule has 5 nitrogen and oxygen atoms in total. The SMILES string of the molecule is Cc1cc(N2CCC(C)(C)C2)cn2nc(C34CC(CO3)C4)nc12. The lowest BCUT2D eigenvalue weighted by molar-refractivity contribution is -0.0109. The van der Waals surface area contributed by atoms with E-state index >= 15 is 0 Å². The van der Waals surface area contributed by atoms with Crippen molar-refractivity contribution in [2.45, 2.75) is 45.6 Å². The molecule has 3 saturated heterocycles. The summed E-state index contributed by atoms with van der Waals surface area (Å²) in [5.41, 5.74) is 3.63. The minimum atomic E-state index is -0.182. The van der Waals surface area contributed by atoms with E-state index in [1.807, 2.05) is 4.52 Å². The van der Waals surface area contributed by atoms with Gasteiger partial charge in [-0.2, -0.15) is 0 Å². The monoisotopic (exact) mass is 312 g/mol. The van der Waals surface area contributed by atoms with E-state index in [0.717, 1.165) is 49.9 Å². The average Bonchev–Trinajstić information content (AvgIpc) is 3.16. The number of fused-ring (bicyclic) bond motifs is 2. The number of aromatic nitrogens is 3. The van der Waals surface area contributed by atoms with Gasteiger partial charge in [0, 0.05) is 13.1 Å². The Labute approximate surface area is 136 Å². The highest BCUT2D eigenvalue weighted by molar-refractivity contribution is 5.57. The van der Waals surface area contributed by atoms with Crippen molar-refractivity contribution in [2.24, 2.45) is 11.3 Å². The van der Waals surface area contributed by atoms with E-state index in [0.29, 0.717) is 5.41 Å². The molecule has 2 bridgehead atoms. The topological polar surface area (TPSA) is 42.7 Å². The fourth-order valence-electron chi connectivity index (χ4n) is 4.46. The summed E-state index contributed by atoms with van der Waals surface area (Å²) in [6.07, 6.45) is 5.57. The molecule has 4 fully saturated rings. The van der Waals surface area contributed by atoms with Crippen LogP contribution < -0.4 is 4.90 Å². The fourth-order valence-corrected chi connectivity index (χ4v) is 4.46. The summed E-state index contributed by atoms with van der Waals surface area (Å²) in [6.45, 7) is 9.92. The first-order valence-electron chi connectivity index (χ1n) is 8.71. The Morgan fingerprint density at radius 2 is 2.13 bits per heavy atom. The lowest BCUT2D eigenvalue weighted by Crippen LogP contribution is -2.34. The van der Waals surface area contributed by atoms with Crippen molar-refractivity contribution in [1.29, 1.82) is 0 Å². The first-order chi connectivity index (χ1) is 10.9. The van der Waals surface area contributed by atoms with E-state index in [9.17, 15) is 0 Å². The molecule has 3 aliphatic heterocycles. The Morgan fingerprint density at radius 1 is 1.30 bits per heavy atom. The van der Waals surface area contributed by atoms with Crippen LogP contribution in [0.15, 0.2) is 12.3 Å². The molecular formula is C18H24N4O. The van der Waals surface area contributed by atoms with Gasteiger partial charge in [0.2, 0.25) is 0 Å². The second-order valence-electron chi connectivity index (χ2n) is 8.50. The van der Waals surface area contributed by atoms with Gasteiger partial charge in [0.1, 0.15) is 5.60 Å². The summed E-state index contributed by atoms with van der Waals surface area (Å²) in [4.78, 5) is 7.28. The third-order valence-electron chi connectivity index (χ3n) is 5.89. The zero-order chi connectivity index (χ0) is 15.8. The Bertz CT molecular complexity index is 782. The van der Waals surface area contributed by atoms with Gasteiger partial charge in [-0.25, -0.2) is 9.50 Å². The molecule has 0 amide bonds. The maximum atomic E-state index is 5.98. The standard InChI is InChI=1S/C18H24N4O/c1-12-6-14(21-5-4-17(2,3)11-21)9-22-15(12)19-16(20-22)18-7-13(8-18)10-23-18/h6,9,13H,4-5,7-8,10-11H2,1-3H3. The number of nitrogens with zero attached hydrogens (tertiary/aromatic N) is 4. The number of rotatable bonds is 2. The minimum Gasteiger partial charge on any atom is -0.370 e. The third-order valence-corrected chi connectivity index (χ3v) is 5.89. The van der Waals surface area contributed by atoms with Crippen LogP contribution in [0.1, 0.15) is 44.5 Å². The zero-order valence-electron chi connectivity index (χ0n) is 14.2. The number of hydrogen-bond acceptors (Lipinski definition) is 4. The molecule has 0 aromatic carbocycles. The Kier molecular flexibility index (Phi) is 2.55. The van der Waals surface area contributed by atoms with E-state index in [4.69, 9.17) is 14.8 Å². The largest absolute Gasteiger partial charge is 0.370 e. The summed E-state index contributed by atoms with van der Waals surface area (Å²) >= 11 is 0. The molecule has 5 heteroatoms. The molecule has 0 unspecified atom stereocenters. The lowest BCUT2D eigenvalue weighted by atomic mass is 9.74. The van der Waals surface area contributed by atoms with E-state index in [2.05, 4.69) is 37.9 Å². The molecule has 122 valence electrons. The van der Waals surface area contributed by atoms with Gasteiger partial charge >= 0.3 is 0 Å². The fraction of sp³-hybridized carbons (Fsp3) is 0.667. The maximum Gasteiger partial charge on any atom is 0.183 e. The van der Waals surface area contributed by atoms with Crippen LogP contribution in [0.5, 0.6) is 0 Å². The molecular weight excluding hydrogens is 288 g/mol. The predicted molar refractivity (Wildman–Crippen MR) is 88.7 cm³/mol. The minimum absolute atomic E-state index is 0.182. The Morgan fingerprint density at radius 3 is 2.78 bits per heavy atom. The van der Waals surface area contributed by atoms with Crippen LogP contribution in [0, 0.1) is 18.3 Å².